The Morgan fingerprint density at radius 1 is 1.15 bits per heavy atom. The summed E-state index contributed by atoms with van der Waals surface area (Å²) in [4.78, 5) is 14.5. The van der Waals surface area contributed by atoms with E-state index in [-0.39, 0.29) is 18.6 Å². The van der Waals surface area contributed by atoms with Gasteiger partial charge in [-0.25, -0.2) is 9.34 Å². The summed E-state index contributed by atoms with van der Waals surface area (Å²) < 4.78 is 28.1. The van der Waals surface area contributed by atoms with Crippen molar-refractivity contribution in [2.75, 3.05) is 46.9 Å². The van der Waals surface area contributed by atoms with E-state index in [1.165, 1.54) is 0 Å². The van der Waals surface area contributed by atoms with Crippen LogP contribution in [0, 0.1) is 0 Å². The highest BCUT2D eigenvalue weighted by Crippen LogP contribution is 2.53. The quantitative estimate of drug-likeness (QED) is 0.630. The topological polar surface area (TPSA) is 82.6 Å². The molecule has 26 heavy (non-hydrogen) atoms. The SMILES string of the molecule is CC(C)OP(=O)(N(C)C)N1CCN(C(=O)C(C)(C)OCC(C)(C)O)CC1. The maximum atomic E-state index is 13.2. The van der Waals surface area contributed by atoms with Crippen molar-refractivity contribution in [1.29, 1.82) is 0 Å². The van der Waals surface area contributed by atoms with Crippen molar-refractivity contribution in [2.24, 2.45) is 0 Å². The number of carbonyl (C=O) groups is 1. The number of aliphatic hydroxyl groups is 1. The Balaban J connectivity index is 2.72. The van der Waals surface area contributed by atoms with Gasteiger partial charge in [0.05, 0.1) is 18.3 Å². The lowest BCUT2D eigenvalue weighted by atomic mass is 10.1. The molecule has 1 saturated heterocycles. The zero-order valence-electron chi connectivity index (χ0n) is 17.5. The molecule has 1 amide bonds. The lowest BCUT2D eigenvalue weighted by Gasteiger charge is -2.42. The number of amides is 1. The summed E-state index contributed by atoms with van der Waals surface area (Å²) in [7, 11) is 0.398. The predicted molar refractivity (Wildman–Crippen MR) is 102 cm³/mol. The molecule has 0 aromatic rings. The molecule has 1 atom stereocenters. The first kappa shape index (κ1) is 23.5. The van der Waals surface area contributed by atoms with Crippen LogP contribution in [-0.2, 0) is 18.6 Å². The summed E-state index contributed by atoms with van der Waals surface area (Å²) >= 11 is 0. The Morgan fingerprint density at radius 3 is 2.04 bits per heavy atom. The summed E-state index contributed by atoms with van der Waals surface area (Å²) in [5.41, 5.74) is -2.02. The number of nitrogens with zero attached hydrogens (tertiary/aromatic N) is 3. The van der Waals surface area contributed by atoms with Gasteiger partial charge in [0.25, 0.3) is 5.91 Å². The third kappa shape index (κ3) is 6.29. The van der Waals surface area contributed by atoms with E-state index >= 15 is 0 Å². The van der Waals surface area contributed by atoms with Crippen LogP contribution in [0.25, 0.3) is 0 Å². The molecule has 154 valence electrons. The lowest BCUT2D eigenvalue weighted by molar-refractivity contribution is -0.162. The van der Waals surface area contributed by atoms with Gasteiger partial charge in [0.2, 0.25) is 0 Å². The Kier molecular flexibility index (Phi) is 7.85. The second kappa shape index (κ2) is 8.67. The molecular weight excluding hydrogens is 357 g/mol. The van der Waals surface area contributed by atoms with Gasteiger partial charge in [-0.1, -0.05) is 0 Å². The Labute approximate surface area is 158 Å². The summed E-state index contributed by atoms with van der Waals surface area (Å²) in [6.45, 7) is 12.3. The molecule has 0 aromatic heterocycles. The zero-order chi connectivity index (χ0) is 20.3. The first-order valence-corrected chi connectivity index (χ1v) is 10.6. The van der Waals surface area contributed by atoms with E-state index in [0.717, 1.165) is 0 Å². The van der Waals surface area contributed by atoms with Crippen molar-refractivity contribution in [1.82, 2.24) is 14.2 Å². The molecule has 0 bridgehead atoms. The first-order chi connectivity index (χ1) is 11.7. The van der Waals surface area contributed by atoms with E-state index in [4.69, 9.17) is 9.26 Å². The minimum absolute atomic E-state index is 0.0732. The van der Waals surface area contributed by atoms with Gasteiger partial charge in [-0.05, 0) is 55.6 Å². The fraction of sp³-hybridized carbons (Fsp3) is 0.941. The number of carbonyl (C=O) groups excluding carboxylic acids is 1. The molecule has 1 rings (SSSR count). The van der Waals surface area contributed by atoms with Gasteiger partial charge in [-0.2, -0.15) is 0 Å². The number of rotatable bonds is 8. The minimum atomic E-state index is -3.09. The van der Waals surface area contributed by atoms with Crippen LogP contribution in [0.4, 0.5) is 0 Å². The summed E-state index contributed by atoms with van der Waals surface area (Å²) in [5.74, 6) is -0.133. The lowest BCUT2D eigenvalue weighted by Crippen LogP contribution is -2.55. The molecule has 1 N–H and O–H groups in total. The van der Waals surface area contributed by atoms with Gasteiger partial charge >= 0.3 is 7.67 Å². The average Bonchev–Trinajstić information content (AvgIpc) is 2.51. The maximum Gasteiger partial charge on any atom is 0.345 e. The number of hydrogen-bond acceptors (Lipinski definition) is 5. The maximum absolute atomic E-state index is 13.2. The van der Waals surface area contributed by atoms with Gasteiger partial charge < -0.3 is 19.3 Å². The van der Waals surface area contributed by atoms with Crippen molar-refractivity contribution in [2.45, 2.75) is 58.8 Å². The molecule has 0 aromatic carbocycles. The highest BCUT2D eigenvalue weighted by Gasteiger charge is 2.41. The van der Waals surface area contributed by atoms with Crippen molar-refractivity contribution in [3.63, 3.8) is 0 Å². The second-order valence-electron chi connectivity index (χ2n) is 8.35. The monoisotopic (exact) mass is 393 g/mol. The molecule has 0 radical (unpaired) electrons. The molecule has 1 fully saturated rings. The van der Waals surface area contributed by atoms with Gasteiger partial charge in [-0.3, -0.25) is 9.36 Å². The minimum Gasteiger partial charge on any atom is -0.388 e. The Morgan fingerprint density at radius 2 is 1.65 bits per heavy atom. The van der Waals surface area contributed by atoms with Crippen LogP contribution in [0.2, 0.25) is 0 Å². The molecule has 0 spiro atoms. The van der Waals surface area contributed by atoms with E-state index in [9.17, 15) is 14.5 Å². The van der Waals surface area contributed by atoms with Crippen LogP contribution in [0.3, 0.4) is 0 Å². The van der Waals surface area contributed by atoms with Crippen molar-refractivity contribution >= 4 is 13.6 Å². The normalized spacial score (nSPS) is 19.9. The number of piperazine rings is 1. The molecule has 1 unspecified atom stereocenters. The standard InChI is InChI=1S/C17H36N3O5P/c1-14(2)25-26(23,18(7)8)20-11-9-19(10-12-20)15(21)17(5,6)24-13-16(3,4)22/h14,22H,9-13H2,1-8H3. The summed E-state index contributed by atoms with van der Waals surface area (Å²) in [6.07, 6.45) is -0.155. The van der Waals surface area contributed by atoms with E-state index in [1.54, 1.807) is 51.4 Å². The fourth-order valence-electron chi connectivity index (χ4n) is 2.64. The van der Waals surface area contributed by atoms with Crippen LogP contribution in [0.5, 0.6) is 0 Å². The van der Waals surface area contributed by atoms with Gasteiger partial charge in [0.1, 0.15) is 5.60 Å². The molecule has 9 heteroatoms. The van der Waals surface area contributed by atoms with E-state index in [2.05, 4.69) is 0 Å². The van der Waals surface area contributed by atoms with Crippen molar-refractivity contribution < 1.29 is 23.7 Å². The van der Waals surface area contributed by atoms with E-state index in [1.807, 2.05) is 18.5 Å². The van der Waals surface area contributed by atoms with Gasteiger partial charge in [0.15, 0.2) is 0 Å². The van der Waals surface area contributed by atoms with Gasteiger partial charge in [-0.15, -0.1) is 0 Å². The van der Waals surface area contributed by atoms with E-state index in [0.29, 0.717) is 26.2 Å². The highest BCUT2D eigenvalue weighted by molar-refractivity contribution is 7.53. The number of ether oxygens (including phenoxy) is 1. The third-order valence-corrected chi connectivity index (χ3v) is 6.88. The molecule has 8 nitrogen and oxygen atoms in total. The predicted octanol–water partition coefficient (Wildman–Crippen LogP) is 1.79. The summed E-state index contributed by atoms with van der Waals surface area (Å²) in [5, 5.41) is 9.82. The second-order valence-corrected chi connectivity index (χ2v) is 10.9. The Bertz CT molecular complexity index is 523. The Hall–Kier alpha value is -0.500. The molecule has 0 aliphatic carbocycles. The highest BCUT2D eigenvalue weighted by atomic mass is 31.2. The molecule has 0 saturated carbocycles. The molecule has 1 aliphatic heterocycles. The molecule has 1 heterocycles. The molecular formula is C17H36N3O5P. The van der Waals surface area contributed by atoms with Crippen molar-refractivity contribution in [3.05, 3.63) is 0 Å². The third-order valence-electron chi connectivity index (χ3n) is 4.06. The van der Waals surface area contributed by atoms with Crippen LogP contribution < -0.4 is 0 Å². The smallest absolute Gasteiger partial charge is 0.345 e. The van der Waals surface area contributed by atoms with Crippen LogP contribution in [0.15, 0.2) is 0 Å². The first-order valence-electron chi connectivity index (χ1n) is 9.06. The van der Waals surface area contributed by atoms with Crippen molar-refractivity contribution in [3.8, 4) is 0 Å². The van der Waals surface area contributed by atoms with Crippen LogP contribution in [0.1, 0.15) is 41.5 Å². The van der Waals surface area contributed by atoms with E-state index < -0.39 is 18.9 Å². The molecule has 1 aliphatic rings. The average molecular weight is 393 g/mol. The van der Waals surface area contributed by atoms with Crippen LogP contribution in [-0.4, -0.2) is 89.4 Å². The summed E-state index contributed by atoms with van der Waals surface area (Å²) in [6, 6.07) is 0. The van der Waals surface area contributed by atoms with Crippen LogP contribution >= 0.6 is 7.67 Å². The zero-order valence-corrected chi connectivity index (χ0v) is 18.4. The fourth-order valence-corrected chi connectivity index (χ4v) is 4.70. The number of hydrogen-bond donors (Lipinski definition) is 1. The van der Waals surface area contributed by atoms with Gasteiger partial charge in [0, 0.05) is 26.2 Å². The largest absolute Gasteiger partial charge is 0.388 e.